The van der Waals surface area contributed by atoms with E-state index < -0.39 is 5.97 Å². The number of carboxylic acids is 1. The van der Waals surface area contributed by atoms with Crippen molar-refractivity contribution in [3.05, 3.63) is 22.3 Å². The highest BCUT2D eigenvalue weighted by Crippen LogP contribution is 2.36. The fraction of sp³-hybridized carbons (Fsp3) is 0.364. The number of rotatable bonds is 4. The van der Waals surface area contributed by atoms with Crippen LogP contribution in [0.25, 0.3) is 0 Å². The molecule has 1 unspecified atom stereocenters. The predicted molar refractivity (Wildman–Crippen MR) is 94.3 cm³/mol. The number of hydrogen-bond acceptors (Lipinski definition) is 2. The minimum absolute atomic E-state index is 0.0330. The standard InChI is InChI=1S/C11H12I3NO2/c1-2-5(3-8(16)17)9-6(12)4-7(13)11(15)10(9)14/h4-5H,2-3,15H2,1H3,(H,16,17). The van der Waals surface area contributed by atoms with Crippen LogP contribution in [0.5, 0.6) is 0 Å². The van der Waals surface area contributed by atoms with Crippen LogP contribution in [-0.2, 0) is 4.79 Å². The van der Waals surface area contributed by atoms with Crippen molar-refractivity contribution >= 4 is 79.4 Å². The Hall–Kier alpha value is 0.680. The SMILES string of the molecule is CCC(CC(=O)O)c1c(I)cc(I)c(N)c1I. The molecule has 1 rings (SSSR count). The first kappa shape index (κ1) is 15.7. The molecule has 3 nitrogen and oxygen atoms in total. The Bertz CT molecular complexity index is 449. The van der Waals surface area contributed by atoms with Crippen LogP contribution in [0.15, 0.2) is 6.07 Å². The average Bonchev–Trinajstić information content (AvgIpc) is 2.24. The summed E-state index contributed by atoms with van der Waals surface area (Å²) in [4.78, 5) is 10.9. The van der Waals surface area contributed by atoms with Gasteiger partial charge in [0.2, 0.25) is 0 Å². The minimum atomic E-state index is -0.763. The number of carbonyl (C=O) groups is 1. The molecule has 0 heterocycles. The molecule has 0 saturated carbocycles. The van der Waals surface area contributed by atoms with Crippen LogP contribution in [0.1, 0.15) is 31.2 Å². The lowest BCUT2D eigenvalue weighted by Gasteiger charge is -2.19. The summed E-state index contributed by atoms with van der Waals surface area (Å²) in [6.45, 7) is 2.01. The fourth-order valence-electron chi connectivity index (χ4n) is 1.66. The number of benzene rings is 1. The van der Waals surface area contributed by atoms with Crippen LogP contribution in [0.3, 0.4) is 0 Å². The Labute approximate surface area is 141 Å². The number of hydrogen-bond donors (Lipinski definition) is 2. The molecular weight excluding hydrogens is 559 g/mol. The Morgan fingerprint density at radius 2 is 2.00 bits per heavy atom. The molecule has 0 aromatic heterocycles. The summed E-state index contributed by atoms with van der Waals surface area (Å²) in [7, 11) is 0. The van der Waals surface area contributed by atoms with Gasteiger partial charge in [-0.05, 0) is 91.7 Å². The Kier molecular flexibility index (Phi) is 6.23. The van der Waals surface area contributed by atoms with Gasteiger partial charge in [-0.3, -0.25) is 4.79 Å². The zero-order chi connectivity index (χ0) is 13.2. The van der Waals surface area contributed by atoms with E-state index >= 15 is 0 Å². The Morgan fingerprint density at radius 1 is 1.41 bits per heavy atom. The highest BCUT2D eigenvalue weighted by Gasteiger charge is 2.21. The topological polar surface area (TPSA) is 63.3 Å². The van der Waals surface area contributed by atoms with Gasteiger partial charge in [-0.15, -0.1) is 0 Å². The zero-order valence-electron chi connectivity index (χ0n) is 9.14. The third-order valence-electron chi connectivity index (χ3n) is 2.56. The summed E-state index contributed by atoms with van der Waals surface area (Å²) in [6, 6.07) is 2.01. The molecule has 94 valence electrons. The number of nitrogens with two attached hydrogens (primary N) is 1. The predicted octanol–water partition coefficient (Wildman–Crippen LogP) is 4.05. The van der Waals surface area contributed by atoms with Crippen molar-refractivity contribution in [2.75, 3.05) is 5.73 Å². The zero-order valence-corrected chi connectivity index (χ0v) is 15.6. The lowest BCUT2D eigenvalue weighted by molar-refractivity contribution is -0.137. The van der Waals surface area contributed by atoms with Crippen molar-refractivity contribution in [1.29, 1.82) is 0 Å². The van der Waals surface area contributed by atoms with Crippen molar-refractivity contribution in [2.45, 2.75) is 25.7 Å². The maximum absolute atomic E-state index is 10.9. The molecule has 3 N–H and O–H groups in total. The molecular formula is C11H12I3NO2. The summed E-state index contributed by atoms with van der Waals surface area (Å²) in [5.74, 6) is -0.730. The maximum atomic E-state index is 10.9. The smallest absolute Gasteiger partial charge is 0.303 e. The van der Waals surface area contributed by atoms with Gasteiger partial charge in [-0.1, -0.05) is 6.92 Å². The van der Waals surface area contributed by atoms with E-state index in [2.05, 4.69) is 67.8 Å². The van der Waals surface area contributed by atoms with E-state index in [0.29, 0.717) is 0 Å². The molecule has 0 spiro atoms. The van der Waals surface area contributed by atoms with E-state index in [1.54, 1.807) is 0 Å². The molecule has 17 heavy (non-hydrogen) atoms. The number of nitrogen functional groups attached to an aromatic ring is 1. The van der Waals surface area contributed by atoms with E-state index in [1.807, 2.05) is 13.0 Å². The van der Waals surface area contributed by atoms with Crippen LogP contribution in [0.4, 0.5) is 5.69 Å². The largest absolute Gasteiger partial charge is 0.481 e. The fourth-order valence-corrected chi connectivity index (χ4v) is 5.91. The Balaban J connectivity index is 3.28. The molecule has 0 aliphatic rings. The van der Waals surface area contributed by atoms with Crippen LogP contribution < -0.4 is 5.73 Å². The van der Waals surface area contributed by atoms with Crippen molar-refractivity contribution in [2.24, 2.45) is 0 Å². The first-order valence-electron chi connectivity index (χ1n) is 5.03. The number of carboxylic acid groups (broad SMARTS) is 1. The van der Waals surface area contributed by atoms with Gasteiger partial charge in [0.25, 0.3) is 0 Å². The molecule has 0 fully saturated rings. The molecule has 0 bridgehead atoms. The lowest BCUT2D eigenvalue weighted by atomic mass is 9.93. The molecule has 0 radical (unpaired) electrons. The van der Waals surface area contributed by atoms with Gasteiger partial charge in [-0.25, -0.2) is 0 Å². The van der Waals surface area contributed by atoms with E-state index in [-0.39, 0.29) is 12.3 Å². The normalized spacial score (nSPS) is 12.5. The summed E-state index contributed by atoms with van der Waals surface area (Å²) in [6.07, 6.45) is 0.959. The third-order valence-corrected chi connectivity index (χ3v) is 5.51. The first-order chi connectivity index (χ1) is 7.88. The van der Waals surface area contributed by atoms with Crippen molar-refractivity contribution in [1.82, 2.24) is 0 Å². The molecule has 6 heteroatoms. The van der Waals surface area contributed by atoms with Crippen molar-refractivity contribution in [3.63, 3.8) is 0 Å². The van der Waals surface area contributed by atoms with Crippen molar-refractivity contribution in [3.8, 4) is 0 Å². The van der Waals surface area contributed by atoms with Gasteiger partial charge in [0, 0.05) is 10.7 Å². The summed E-state index contributed by atoms with van der Waals surface area (Å²) < 4.78 is 3.11. The molecule has 0 amide bonds. The van der Waals surface area contributed by atoms with Crippen LogP contribution in [-0.4, -0.2) is 11.1 Å². The summed E-state index contributed by atoms with van der Waals surface area (Å²) >= 11 is 6.67. The van der Waals surface area contributed by atoms with Gasteiger partial charge >= 0.3 is 5.97 Å². The van der Waals surface area contributed by atoms with Crippen LogP contribution in [0, 0.1) is 10.7 Å². The van der Waals surface area contributed by atoms with Crippen LogP contribution in [0.2, 0.25) is 0 Å². The van der Waals surface area contributed by atoms with Gasteiger partial charge in [0.05, 0.1) is 12.1 Å². The molecule has 0 saturated heterocycles. The van der Waals surface area contributed by atoms with Gasteiger partial charge in [0.1, 0.15) is 0 Å². The van der Waals surface area contributed by atoms with E-state index in [4.69, 9.17) is 10.8 Å². The highest BCUT2D eigenvalue weighted by atomic mass is 127. The number of halogens is 3. The second-order valence-corrected chi connectivity index (χ2v) is 7.09. The van der Waals surface area contributed by atoms with Gasteiger partial charge in [-0.2, -0.15) is 0 Å². The summed E-state index contributed by atoms with van der Waals surface area (Å²) in [5.41, 5.74) is 7.84. The second kappa shape index (κ2) is 6.73. The highest BCUT2D eigenvalue weighted by molar-refractivity contribution is 14.1. The molecule has 0 aliphatic heterocycles. The molecule has 1 aromatic carbocycles. The lowest BCUT2D eigenvalue weighted by Crippen LogP contribution is -2.11. The summed E-state index contributed by atoms with van der Waals surface area (Å²) in [5, 5.41) is 8.94. The monoisotopic (exact) mass is 571 g/mol. The van der Waals surface area contributed by atoms with E-state index in [1.165, 1.54) is 0 Å². The number of aliphatic carboxylic acids is 1. The van der Waals surface area contributed by atoms with E-state index in [9.17, 15) is 4.79 Å². The number of anilines is 1. The van der Waals surface area contributed by atoms with Crippen LogP contribution >= 0.6 is 67.8 Å². The third kappa shape index (κ3) is 3.82. The minimum Gasteiger partial charge on any atom is -0.481 e. The average molecular weight is 571 g/mol. The van der Waals surface area contributed by atoms with Gasteiger partial charge < -0.3 is 10.8 Å². The molecule has 0 aliphatic carbocycles. The maximum Gasteiger partial charge on any atom is 0.303 e. The first-order valence-corrected chi connectivity index (χ1v) is 8.26. The Morgan fingerprint density at radius 3 is 2.47 bits per heavy atom. The molecule has 1 atom stereocenters. The van der Waals surface area contributed by atoms with E-state index in [0.717, 1.165) is 28.4 Å². The quantitative estimate of drug-likeness (QED) is 0.424. The van der Waals surface area contributed by atoms with Gasteiger partial charge in [0.15, 0.2) is 0 Å². The molecule has 1 aromatic rings. The van der Waals surface area contributed by atoms with Crippen molar-refractivity contribution < 1.29 is 9.90 Å². The second-order valence-electron chi connectivity index (χ2n) is 3.68.